The Hall–Kier alpha value is -4.05. The molecule has 0 saturated carbocycles. The average molecular weight is 449 g/mol. The molecule has 32 heavy (non-hydrogen) atoms. The summed E-state index contributed by atoms with van der Waals surface area (Å²) in [7, 11) is 1.60. The van der Waals surface area contributed by atoms with Gasteiger partial charge in [-0.1, -0.05) is 6.08 Å². The molecule has 162 valence electrons. The van der Waals surface area contributed by atoms with Crippen LogP contribution in [0.15, 0.2) is 59.9 Å². The van der Waals surface area contributed by atoms with Crippen molar-refractivity contribution in [2.45, 2.75) is 13.1 Å². The summed E-state index contributed by atoms with van der Waals surface area (Å²) in [5.41, 5.74) is 1.48. The number of aromatic amines is 2. The molecule has 0 radical (unpaired) electrons. The van der Waals surface area contributed by atoms with Crippen LogP contribution in [0.4, 0.5) is 0 Å². The van der Waals surface area contributed by atoms with E-state index in [0.717, 1.165) is 11.3 Å². The Kier molecular flexibility index (Phi) is 5.95. The fraction of sp³-hybridized carbons (Fsp3) is 0.136. The third-order valence-electron chi connectivity index (χ3n) is 4.85. The summed E-state index contributed by atoms with van der Waals surface area (Å²) in [6, 6.07) is 12.2. The highest BCUT2D eigenvalue weighted by atomic mass is 32.1. The molecule has 0 aliphatic heterocycles. The van der Waals surface area contributed by atoms with Crippen LogP contribution in [-0.2, 0) is 13.1 Å². The van der Waals surface area contributed by atoms with Crippen LogP contribution in [0.1, 0.15) is 16.2 Å². The normalized spacial score (nSPS) is 10.8. The first kappa shape index (κ1) is 21.2. The second kappa shape index (κ2) is 8.98. The molecule has 4 aromatic rings. The predicted molar refractivity (Wildman–Crippen MR) is 123 cm³/mol. The number of H-pyrrole nitrogens is 2. The van der Waals surface area contributed by atoms with E-state index in [0.29, 0.717) is 34.7 Å². The minimum atomic E-state index is -0.316. The molecule has 2 aromatic heterocycles. The Balaban J connectivity index is 1.49. The number of hydrogen-bond donors (Lipinski definition) is 3. The third kappa shape index (κ3) is 4.21. The number of carbonyl (C=O) groups excluding carboxylic acids is 1. The van der Waals surface area contributed by atoms with E-state index in [-0.39, 0.29) is 22.8 Å². The standard InChI is InChI=1S/C22H20N6O3S/c1-3-10-28-21(30)16-9-6-14(11-17(16)24-22(28)32)20(29)23-12-18-25-19(27-26-18)13-4-7-15(31-2)8-5-13/h3-9,11H,1,10,12H2,2H3,(H,23,29)(H,24,32)(H,25,26,27). The fourth-order valence-electron chi connectivity index (χ4n) is 3.20. The number of amides is 1. The van der Waals surface area contributed by atoms with Gasteiger partial charge in [-0.25, -0.2) is 4.98 Å². The van der Waals surface area contributed by atoms with E-state index >= 15 is 0 Å². The number of nitrogens with zero attached hydrogens (tertiary/aromatic N) is 3. The van der Waals surface area contributed by atoms with Crippen molar-refractivity contribution in [1.82, 2.24) is 30.0 Å². The van der Waals surface area contributed by atoms with Gasteiger partial charge in [0.2, 0.25) is 0 Å². The number of aromatic nitrogens is 5. The smallest absolute Gasteiger partial charge is 0.262 e. The first-order chi connectivity index (χ1) is 15.5. The molecule has 10 heteroatoms. The summed E-state index contributed by atoms with van der Waals surface area (Å²) < 4.78 is 6.83. The molecular formula is C22H20N6O3S. The quantitative estimate of drug-likeness (QED) is 0.296. The number of carbonyl (C=O) groups is 1. The minimum Gasteiger partial charge on any atom is -0.497 e. The van der Waals surface area contributed by atoms with Crippen LogP contribution >= 0.6 is 12.2 Å². The van der Waals surface area contributed by atoms with Gasteiger partial charge >= 0.3 is 0 Å². The van der Waals surface area contributed by atoms with Gasteiger partial charge in [0.1, 0.15) is 11.6 Å². The van der Waals surface area contributed by atoms with Crippen LogP contribution in [0.3, 0.4) is 0 Å². The lowest BCUT2D eigenvalue weighted by atomic mass is 10.1. The molecule has 3 N–H and O–H groups in total. The second-order valence-corrected chi connectivity index (χ2v) is 7.30. The van der Waals surface area contributed by atoms with Gasteiger partial charge in [0, 0.05) is 17.7 Å². The summed E-state index contributed by atoms with van der Waals surface area (Å²) in [6.07, 6.45) is 1.60. The van der Waals surface area contributed by atoms with Gasteiger partial charge < -0.3 is 15.0 Å². The molecule has 0 fully saturated rings. The SMILES string of the molecule is C=CCn1c(=S)[nH]c2cc(C(=O)NCc3nc(-c4ccc(OC)cc4)n[nH]3)ccc2c1=O. The van der Waals surface area contributed by atoms with Crippen molar-refractivity contribution >= 4 is 29.0 Å². The Labute approximate surface area is 187 Å². The van der Waals surface area contributed by atoms with Crippen LogP contribution in [-0.4, -0.2) is 37.7 Å². The summed E-state index contributed by atoms with van der Waals surface area (Å²) in [5, 5.41) is 10.2. The minimum absolute atomic E-state index is 0.164. The number of rotatable bonds is 7. The lowest BCUT2D eigenvalue weighted by molar-refractivity contribution is 0.0950. The van der Waals surface area contributed by atoms with Crippen molar-refractivity contribution in [3.63, 3.8) is 0 Å². The van der Waals surface area contributed by atoms with E-state index in [9.17, 15) is 9.59 Å². The second-order valence-electron chi connectivity index (χ2n) is 6.91. The summed E-state index contributed by atoms with van der Waals surface area (Å²) in [5.74, 6) is 1.46. The third-order valence-corrected chi connectivity index (χ3v) is 5.17. The molecule has 0 unspecified atom stereocenters. The van der Waals surface area contributed by atoms with Crippen LogP contribution in [0.2, 0.25) is 0 Å². The maximum Gasteiger partial charge on any atom is 0.262 e. The molecule has 0 aliphatic carbocycles. The summed E-state index contributed by atoms with van der Waals surface area (Å²) in [4.78, 5) is 32.6. The predicted octanol–water partition coefficient (Wildman–Crippen LogP) is 2.97. The summed E-state index contributed by atoms with van der Waals surface area (Å²) >= 11 is 5.25. The Morgan fingerprint density at radius 1 is 1.28 bits per heavy atom. The number of methoxy groups -OCH3 is 1. The zero-order valence-corrected chi connectivity index (χ0v) is 18.0. The number of benzene rings is 2. The van der Waals surface area contributed by atoms with E-state index < -0.39 is 0 Å². The van der Waals surface area contributed by atoms with Crippen molar-refractivity contribution in [3.05, 3.63) is 81.6 Å². The highest BCUT2D eigenvalue weighted by Crippen LogP contribution is 2.19. The molecule has 0 spiro atoms. The molecule has 0 saturated heterocycles. The van der Waals surface area contributed by atoms with Crippen LogP contribution in [0, 0.1) is 4.77 Å². The Morgan fingerprint density at radius 2 is 2.06 bits per heavy atom. The van der Waals surface area contributed by atoms with Gasteiger partial charge in [-0.3, -0.25) is 19.3 Å². The average Bonchev–Trinajstić information content (AvgIpc) is 3.29. The highest BCUT2D eigenvalue weighted by Gasteiger charge is 2.12. The largest absolute Gasteiger partial charge is 0.497 e. The molecule has 2 heterocycles. The van der Waals surface area contributed by atoms with Crippen molar-refractivity contribution in [2.24, 2.45) is 0 Å². The van der Waals surface area contributed by atoms with Gasteiger partial charge in [-0.2, -0.15) is 5.10 Å². The van der Waals surface area contributed by atoms with Crippen molar-refractivity contribution < 1.29 is 9.53 Å². The topological polar surface area (TPSA) is 118 Å². The molecule has 2 aromatic carbocycles. The number of nitrogens with one attached hydrogen (secondary N) is 3. The molecule has 0 atom stereocenters. The van der Waals surface area contributed by atoms with E-state index in [1.165, 1.54) is 4.57 Å². The van der Waals surface area contributed by atoms with E-state index in [1.807, 2.05) is 24.3 Å². The van der Waals surface area contributed by atoms with E-state index in [1.54, 1.807) is 31.4 Å². The highest BCUT2D eigenvalue weighted by molar-refractivity contribution is 7.71. The zero-order chi connectivity index (χ0) is 22.7. The Morgan fingerprint density at radius 3 is 2.78 bits per heavy atom. The monoisotopic (exact) mass is 448 g/mol. The van der Waals surface area contributed by atoms with Crippen LogP contribution in [0.25, 0.3) is 22.3 Å². The first-order valence-electron chi connectivity index (χ1n) is 9.72. The number of allylic oxidation sites excluding steroid dienone is 1. The van der Waals surface area contributed by atoms with Gasteiger partial charge in [-0.15, -0.1) is 6.58 Å². The number of fused-ring (bicyclic) bond motifs is 1. The maximum absolute atomic E-state index is 12.6. The molecule has 0 aliphatic rings. The molecule has 9 nitrogen and oxygen atoms in total. The van der Waals surface area contributed by atoms with Gasteiger partial charge in [0.15, 0.2) is 10.6 Å². The Bertz CT molecular complexity index is 1420. The molecule has 4 rings (SSSR count). The number of hydrogen-bond acceptors (Lipinski definition) is 6. The molecule has 0 bridgehead atoms. The van der Waals surface area contributed by atoms with Gasteiger partial charge in [0.25, 0.3) is 11.5 Å². The van der Waals surface area contributed by atoms with E-state index in [2.05, 4.69) is 32.1 Å². The van der Waals surface area contributed by atoms with E-state index in [4.69, 9.17) is 17.0 Å². The van der Waals surface area contributed by atoms with Gasteiger partial charge in [-0.05, 0) is 54.7 Å². The molecule has 1 amide bonds. The molecular weight excluding hydrogens is 428 g/mol. The zero-order valence-electron chi connectivity index (χ0n) is 17.2. The number of ether oxygens (including phenoxy) is 1. The summed E-state index contributed by atoms with van der Waals surface area (Å²) in [6.45, 7) is 4.11. The van der Waals surface area contributed by atoms with Crippen molar-refractivity contribution in [1.29, 1.82) is 0 Å². The maximum atomic E-state index is 12.6. The van der Waals surface area contributed by atoms with Crippen LogP contribution in [0.5, 0.6) is 5.75 Å². The lowest BCUT2D eigenvalue weighted by Crippen LogP contribution is -2.24. The van der Waals surface area contributed by atoms with Gasteiger partial charge in [0.05, 0.1) is 24.6 Å². The lowest BCUT2D eigenvalue weighted by Gasteiger charge is -2.08. The van der Waals surface area contributed by atoms with Crippen molar-refractivity contribution in [2.75, 3.05) is 7.11 Å². The van der Waals surface area contributed by atoms with Crippen molar-refractivity contribution in [3.8, 4) is 17.1 Å². The fourth-order valence-corrected chi connectivity index (χ4v) is 3.47. The first-order valence-corrected chi connectivity index (χ1v) is 10.1. The van der Waals surface area contributed by atoms with Crippen LogP contribution < -0.4 is 15.6 Å².